The quantitative estimate of drug-likeness (QED) is 0.581. The molecule has 0 spiro atoms. The summed E-state index contributed by atoms with van der Waals surface area (Å²) in [5, 5.41) is 10.3. The molecule has 3 aliphatic rings. The summed E-state index contributed by atoms with van der Waals surface area (Å²) in [7, 11) is 1.32. The van der Waals surface area contributed by atoms with E-state index in [9.17, 15) is 14.7 Å². The third-order valence-corrected chi connectivity index (χ3v) is 4.96. The fraction of sp³-hybridized carbons (Fsp3) is 0.750. The molecular weight excluding hydrogens is 286 g/mol. The average Bonchev–Trinajstić information content (AvgIpc) is 3.04. The van der Waals surface area contributed by atoms with E-state index in [2.05, 4.69) is 0 Å². The Balaban J connectivity index is 1.87. The summed E-state index contributed by atoms with van der Waals surface area (Å²) in [6.07, 6.45) is 3.02. The van der Waals surface area contributed by atoms with E-state index in [1.54, 1.807) is 20.8 Å². The summed E-state index contributed by atoms with van der Waals surface area (Å²) in [4.78, 5) is 26.2. The van der Waals surface area contributed by atoms with E-state index in [0.29, 0.717) is 6.54 Å². The van der Waals surface area contributed by atoms with Crippen LogP contribution in [0.15, 0.2) is 12.2 Å². The van der Waals surface area contributed by atoms with Crippen LogP contribution in [0.4, 0.5) is 4.79 Å². The predicted molar refractivity (Wildman–Crippen MR) is 77.9 cm³/mol. The molecule has 6 nitrogen and oxygen atoms in total. The van der Waals surface area contributed by atoms with Gasteiger partial charge in [-0.3, -0.25) is 4.90 Å². The average molecular weight is 309 g/mol. The number of ether oxygens (including phenoxy) is 2. The van der Waals surface area contributed by atoms with Gasteiger partial charge in [0.1, 0.15) is 11.6 Å². The number of rotatable bonds is 1. The van der Waals surface area contributed by atoms with Gasteiger partial charge in [-0.15, -0.1) is 0 Å². The third kappa shape index (κ3) is 2.20. The van der Waals surface area contributed by atoms with E-state index in [1.165, 1.54) is 12.0 Å². The molecule has 2 aliphatic carbocycles. The van der Waals surface area contributed by atoms with E-state index in [0.717, 1.165) is 0 Å². The molecule has 6 atom stereocenters. The minimum absolute atomic E-state index is 0.00888. The minimum atomic E-state index is -0.681. The van der Waals surface area contributed by atoms with Crippen LogP contribution in [0.1, 0.15) is 20.8 Å². The van der Waals surface area contributed by atoms with Crippen LogP contribution in [0.3, 0.4) is 0 Å². The Morgan fingerprint density at radius 3 is 2.45 bits per heavy atom. The van der Waals surface area contributed by atoms with Crippen molar-refractivity contribution in [2.45, 2.75) is 38.5 Å². The van der Waals surface area contributed by atoms with Gasteiger partial charge in [-0.05, 0) is 26.7 Å². The number of amides is 1. The van der Waals surface area contributed by atoms with E-state index < -0.39 is 29.8 Å². The Labute approximate surface area is 130 Å². The molecule has 2 bridgehead atoms. The van der Waals surface area contributed by atoms with Crippen LogP contribution in [0.25, 0.3) is 0 Å². The molecule has 1 heterocycles. The van der Waals surface area contributed by atoms with Crippen LogP contribution in [0.5, 0.6) is 0 Å². The zero-order valence-corrected chi connectivity index (χ0v) is 13.4. The highest BCUT2D eigenvalue weighted by Gasteiger charge is 2.62. The smallest absolute Gasteiger partial charge is 0.411 e. The molecule has 2 fully saturated rings. The lowest BCUT2D eigenvalue weighted by molar-refractivity contribution is -0.147. The van der Waals surface area contributed by atoms with Crippen molar-refractivity contribution in [2.24, 2.45) is 23.7 Å². The first-order chi connectivity index (χ1) is 10.2. The van der Waals surface area contributed by atoms with Crippen LogP contribution < -0.4 is 0 Å². The highest BCUT2D eigenvalue weighted by Crippen LogP contribution is 2.54. The lowest BCUT2D eigenvalue weighted by Crippen LogP contribution is -2.47. The number of methoxy groups -OCH3 is 1. The fourth-order valence-electron chi connectivity index (χ4n) is 4.19. The van der Waals surface area contributed by atoms with Crippen molar-refractivity contribution < 1.29 is 24.2 Å². The van der Waals surface area contributed by atoms with Gasteiger partial charge in [-0.2, -0.15) is 0 Å². The number of aliphatic hydroxyl groups is 1. The standard InChI is InChI=1S/C16H23NO5/c1-16(2,3)22-15(20)17-7-10-8-5-6-9(13(8)18)11(10)12(17)14(19)21-4/h5-6,8-13,18H,7H2,1-4H3/t8-,9+,10+,11-,12-,13?/m0/s1. The second-order valence-corrected chi connectivity index (χ2v) is 7.37. The zero-order chi connectivity index (χ0) is 16.2. The molecule has 1 N–H and O–H groups in total. The number of fused-ring (bicyclic) bond motifs is 5. The maximum Gasteiger partial charge on any atom is 0.411 e. The fourth-order valence-corrected chi connectivity index (χ4v) is 4.19. The Morgan fingerprint density at radius 1 is 1.23 bits per heavy atom. The monoisotopic (exact) mass is 309 g/mol. The first kappa shape index (κ1) is 15.3. The first-order valence-corrected chi connectivity index (χ1v) is 7.68. The number of esters is 1. The molecule has 1 unspecified atom stereocenters. The van der Waals surface area contributed by atoms with E-state index in [4.69, 9.17) is 9.47 Å². The van der Waals surface area contributed by atoms with Crippen LogP contribution in [-0.4, -0.2) is 53.5 Å². The summed E-state index contributed by atoms with van der Waals surface area (Å²) >= 11 is 0. The highest BCUT2D eigenvalue weighted by molar-refractivity contribution is 5.83. The molecule has 0 aromatic rings. The molecule has 1 saturated carbocycles. The third-order valence-electron chi connectivity index (χ3n) is 4.96. The Kier molecular flexibility index (Phi) is 3.47. The molecule has 0 aromatic carbocycles. The molecule has 0 aromatic heterocycles. The van der Waals surface area contributed by atoms with Gasteiger partial charge in [0.25, 0.3) is 0 Å². The summed E-state index contributed by atoms with van der Waals surface area (Å²) in [5.74, 6) is -0.528. The van der Waals surface area contributed by atoms with Gasteiger partial charge in [0.15, 0.2) is 0 Å². The molecule has 1 saturated heterocycles. The Hall–Kier alpha value is -1.56. The zero-order valence-electron chi connectivity index (χ0n) is 13.4. The number of likely N-dealkylation sites (tertiary alicyclic amines) is 1. The van der Waals surface area contributed by atoms with Gasteiger partial charge >= 0.3 is 12.1 Å². The van der Waals surface area contributed by atoms with Gasteiger partial charge in [-0.25, -0.2) is 9.59 Å². The molecule has 3 rings (SSSR count). The van der Waals surface area contributed by atoms with E-state index >= 15 is 0 Å². The second-order valence-electron chi connectivity index (χ2n) is 7.37. The molecule has 1 aliphatic heterocycles. The second kappa shape index (κ2) is 4.98. The largest absolute Gasteiger partial charge is 0.467 e. The lowest BCUT2D eigenvalue weighted by Gasteiger charge is -2.30. The van der Waals surface area contributed by atoms with Crippen LogP contribution in [-0.2, 0) is 14.3 Å². The van der Waals surface area contributed by atoms with Crippen molar-refractivity contribution >= 4 is 12.1 Å². The molecule has 122 valence electrons. The minimum Gasteiger partial charge on any atom is -0.467 e. The molecule has 1 amide bonds. The number of hydrogen-bond donors (Lipinski definition) is 1. The summed E-state index contributed by atoms with van der Waals surface area (Å²) in [5.41, 5.74) is -0.619. The summed E-state index contributed by atoms with van der Waals surface area (Å²) in [6.45, 7) is 5.81. The van der Waals surface area contributed by atoms with Gasteiger partial charge in [0, 0.05) is 24.3 Å². The predicted octanol–water partition coefficient (Wildman–Crippen LogP) is 1.19. The first-order valence-electron chi connectivity index (χ1n) is 7.68. The Morgan fingerprint density at radius 2 is 1.86 bits per heavy atom. The summed E-state index contributed by atoms with van der Waals surface area (Å²) < 4.78 is 10.3. The number of carbonyl (C=O) groups excluding carboxylic acids is 2. The normalized spacial score (nSPS) is 39.0. The SMILES string of the molecule is COC(=O)[C@@H]1[C@@H]2[C@H](CN1C(=O)OC(C)(C)C)[C@@H]1C=C[C@H]2C1O. The van der Waals surface area contributed by atoms with Crippen molar-refractivity contribution in [1.29, 1.82) is 0 Å². The lowest BCUT2D eigenvalue weighted by atomic mass is 9.82. The summed E-state index contributed by atoms with van der Waals surface area (Å²) in [6, 6.07) is -0.681. The molecule has 6 heteroatoms. The van der Waals surface area contributed by atoms with E-state index in [-0.39, 0.29) is 23.7 Å². The van der Waals surface area contributed by atoms with Crippen LogP contribution >= 0.6 is 0 Å². The van der Waals surface area contributed by atoms with Crippen molar-refractivity contribution in [1.82, 2.24) is 4.90 Å². The Bertz CT molecular complexity index is 523. The molecule has 0 radical (unpaired) electrons. The van der Waals surface area contributed by atoms with Gasteiger partial charge in [0.05, 0.1) is 13.2 Å². The van der Waals surface area contributed by atoms with Crippen molar-refractivity contribution in [3.63, 3.8) is 0 Å². The maximum absolute atomic E-state index is 12.5. The van der Waals surface area contributed by atoms with E-state index in [1.807, 2.05) is 12.2 Å². The van der Waals surface area contributed by atoms with Gasteiger partial charge in [0.2, 0.25) is 0 Å². The van der Waals surface area contributed by atoms with Crippen LogP contribution in [0, 0.1) is 23.7 Å². The highest BCUT2D eigenvalue weighted by atomic mass is 16.6. The topological polar surface area (TPSA) is 76.1 Å². The number of aliphatic hydroxyl groups excluding tert-OH is 1. The van der Waals surface area contributed by atoms with Gasteiger partial charge in [-0.1, -0.05) is 12.2 Å². The molecular formula is C16H23NO5. The number of carbonyl (C=O) groups is 2. The van der Waals surface area contributed by atoms with Crippen molar-refractivity contribution in [3.8, 4) is 0 Å². The number of hydrogen-bond acceptors (Lipinski definition) is 5. The number of nitrogens with zero attached hydrogens (tertiary/aromatic N) is 1. The maximum atomic E-state index is 12.5. The molecule has 22 heavy (non-hydrogen) atoms. The van der Waals surface area contributed by atoms with Crippen LogP contribution in [0.2, 0.25) is 0 Å². The van der Waals surface area contributed by atoms with Crippen molar-refractivity contribution in [2.75, 3.05) is 13.7 Å². The van der Waals surface area contributed by atoms with Gasteiger partial charge < -0.3 is 14.6 Å². The van der Waals surface area contributed by atoms with Crippen molar-refractivity contribution in [3.05, 3.63) is 12.2 Å².